The van der Waals surface area contributed by atoms with Gasteiger partial charge in [-0.1, -0.05) is 32.4 Å². The molecule has 0 unspecified atom stereocenters. The molecule has 0 aliphatic carbocycles. The summed E-state index contributed by atoms with van der Waals surface area (Å²) >= 11 is 6.34. The molecule has 1 amide bonds. The predicted molar refractivity (Wildman–Crippen MR) is 102 cm³/mol. The van der Waals surface area contributed by atoms with E-state index in [9.17, 15) is 13.2 Å². The predicted octanol–water partition coefficient (Wildman–Crippen LogP) is 3.48. The molecule has 0 aliphatic rings. The lowest BCUT2D eigenvalue weighted by molar-refractivity contribution is -0.117. The first-order valence-electron chi connectivity index (χ1n) is 7.82. The fraction of sp³-hybridized carbons (Fsp3) is 0.562. The Bertz CT molecular complexity index is 757. The molecule has 0 saturated carbocycles. The smallest absolute Gasteiger partial charge is 0.306 e. The molecule has 25 heavy (non-hydrogen) atoms. The minimum atomic E-state index is -3.73. The SMILES string of the molecule is CC(C)(C)[Si](C)(C)Oc1ccc(OS(C)(=O)=O)c(Cl)c1CCC(N)=O. The van der Waals surface area contributed by atoms with Crippen LogP contribution in [-0.4, -0.2) is 28.9 Å². The number of carbonyl (C=O) groups is 1. The van der Waals surface area contributed by atoms with Gasteiger partial charge in [-0.25, -0.2) is 0 Å². The van der Waals surface area contributed by atoms with E-state index in [0.29, 0.717) is 11.3 Å². The molecule has 9 heteroatoms. The molecular weight excluding hydrogens is 382 g/mol. The molecule has 1 rings (SSSR count). The molecule has 0 aliphatic heterocycles. The maximum absolute atomic E-state index is 11.4. The van der Waals surface area contributed by atoms with E-state index in [-0.39, 0.29) is 28.7 Å². The largest absolute Gasteiger partial charge is 0.543 e. The molecular formula is C16H26ClNO5SSi. The van der Waals surface area contributed by atoms with Gasteiger partial charge in [-0.05, 0) is 36.7 Å². The molecule has 1 aromatic rings. The van der Waals surface area contributed by atoms with Gasteiger partial charge in [0.25, 0.3) is 0 Å². The molecule has 0 spiro atoms. The summed E-state index contributed by atoms with van der Waals surface area (Å²) in [6.45, 7) is 10.5. The minimum absolute atomic E-state index is 0.00576. The number of halogens is 1. The third-order valence-electron chi connectivity index (χ3n) is 4.20. The van der Waals surface area contributed by atoms with E-state index in [0.717, 1.165) is 6.26 Å². The van der Waals surface area contributed by atoms with E-state index in [2.05, 4.69) is 33.9 Å². The zero-order valence-corrected chi connectivity index (χ0v) is 18.0. The molecule has 0 atom stereocenters. The number of carbonyl (C=O) groups excluding carboxylic acids is 1. The molecule has 142 valence electrons. The Hall–Kier alpha value is -1.25. The van der Waals surface area contributed by atoms with Crippen LogP contribution in [0.15, 0.2) is 12.1 Å². The lowest BCUT2D eigenvalue weighted by Gasteiger charge is -2.37. The number of hydrogen-bond donors (Lipinski definition) is 1. The van der Waals surface area contributed by atoms with E-state index in [1.165, 1.54) is 6.07 Å². The van der Waals surface area contributed by atoms with Crippen molar-refractivity contribution in [1.29, 1.82) is 0 Å². The van der Waals surface area contributed by atoms with Crippen LogP contribution in [0.4, 0.5) is 0 Å². The van der Waals surface area contributed by atoms with Crippen LogP contribution in [0.2, 0.25) is 23.2 Å². The highest BCUT2D eigenvalue weighted by atomic mass is 35.5. The van der Waals surface area contributed by atoms with Gasteiger partial charge in [-0.15, -0.1) is 0 Å². The fourth-order valence-electron chi connectivity index (χ4n) is 1.81. The quantitative estimate of drug-likeness (QED) is 0.551. The van der Waals surface area contributed by atoms with Gasteiger partial charge in [0.15, 0.2) is 5.75 Å². The van der Waals surface area contributed by atoms with Crippen molar-refractivity contribution >= 4 is 35.9 Å². The van der Waals surface area contributed by atoms with Gasteiger partial charge in [0.05, 0.1) is 11.3 Å². The maximum Gasteiger partial charge on any atom is 0.306 e. The van der Waals surface area contributed by atoms with Crippen molar-refractivity contribution in [2.45, 2.75) is 51.7 Å². The summed E-state index contributed by atoms with van der Waals surface area (Å²) in [5, 5.41) is 0.0745. The van der Waals surface area contributed by atoms with Crippen LogP contribution in [-0.2, 0) is 21.3 Å². The Morgan fingerprint density at radius 3 is 2.20 bits per heavy atom. The summed E-state index contributed by atoms with van der Waals surface area (Å²) in [5.74, 6) is 0.0497. The van der Waals surface area contributed by atoms with Crippen molar-refractivity contribution in [3.8, 4) is 11.5 Å². The number of amides is 1. The monoisotopic (exact) mass is 407 g/mol. The Labute approximate surface area is 155 Å². The molecule has 0 heterocycles. The van der Waals surface area contributed by atoms with E-state index in [4.69, 9.17) is 25.9 Å². The summed E-state index contributed by atoms with van der Waals surface area (Å²) in [6.07, 6.45) is 1.24. The zero-order valence-electron chi connectivity index (χ0n) is 15.5. The van der Waals surface area contributed by atoms with Crippen molar-refractivity contribution in [2.75, 3.05) is 6.26 Å². The first-order chi connectivity index (χ1) is 11.1. The van der Waals surface area contributed by atoms with Crippen LogP contribution in [0.1, 0.15) is 32.8 Å². The Balaban J connectivity index is 3.37. The Morgan fingerprint density at radius 1 is 1.24 bits per heavy atom. The lowest BCUT2D eigenvalue weighted by Crippen LogP contribution is -2.44. The van der Waals surface area contributed by atoms with Crippen molar-refractivity contribution in [3.05, 3.63) is 22.7 Å². The standard InChI is InChI=1S/C16H26ClNO5SSi/c1-16(2,3)25(5,6)23-12-8-9-13(22-24(4,20)21)15(17)11(12)7-10-14(18)19/h8-9H,7,10H2,1-6H3,(H2,18,19). The van der Waals surface area contributed by atoms with Crippen LogP contribution in [0.25, 0.3) is 0 Å². The van der Waals surface area contributed by atoms with Crippen molar-refractivity contribution in [1.82, 2.24) is 0 Å². The zero-order chi connectivity index (χ0) is 19.6. The van der Waals surface area contributed by atoms with E-state index in [1.807, 2.05) is 0 Å². The van der Waals surface area contributed by atoms with Gasteiger partial charge in [0, 0.05) is 12.0 Å². The molecule has 2 N–H and O–H groups in total. The number of rotatable bonds is 7. The summed E-state index contributed by atoms with van der Waals surface area (Å²) in [5.41, 5.74) is 5.76. The lowest BCUT2D eigenvalue weighted by atomic mass is 10.1. The van der Waals surface area contributed by atoms with Crippen molar-refractivity contribution in [2.24, 2.45) is 5.73 Å². The third-order valence-corrected chi connectivity index (χ3v) is 9.44. The highest BCUT2D eigenvalue weighted by Crippen LogP contribution is 2.42. The maximum atomic E-state index is 11.4. The van der Waals surface area contributed by atoms with Gasteiger partial charge in [-0.2, -0.15) is 8.42 Å². The first-order valence-corrected chi connectivity index (χ1v) is 12.9. The van der Waals surface area contributed by atoms with Gasteiger partial charge in [0.2, 0.25) is 14.2 Å². The van der Waals surface area contributed by atoms with Gasteiger partial charge in [0.1, 0.15) is 5.75 Å². The number of hydrogen-bond acceptors (Lipinski definition) is 5. The summed E-state index contributed by atoms with van der Waals surface area (Å²) in [4.78, 5) is 11.2. The Morgan fingerprint density at radius 2 is 1.76 bits per heavy atom. The van der Waals surface area contributed by atoms with Crippen LogP contribution in [0, 0.1) is 0 Å². The van der Waals surface area contributed by atoms with E-state index < -0.39 is 24.3 Å². The molecule has 0 bridgehead atoms. The number of nitrogens with two attached hydrogens (primary N) is 1. The molecule has 0 fully saturated rings. The molecule has 0 radical (unpaired) electrons. The van der Waals surface area contributed by atoms with Crippen molar-refractivity contribution in [3.63, 3.8) is 0 Å². The second kappa shape index (κ2) is 7.55. The second-order valence-corrected chi connectivity index (χ2v) is 14.1. The highest BCUT2D eigenvalue weighted by molar-refractivity contribution is 7.86. The van der Waals surface area contributed by atoms with Crippen LogP contribution in [0.5, 0.6) is 11.5 Å². The summed E-state index contributed by atoms with van der Waals surface area (Å²) < 4.78 is 34.0. The van der Waals surface area contributed by atoms with Gasteiger partial charge in [-0.3, -0.25) is 4.79 Å². The van der Waals surface area contributed by atoms with E-state index in [1.54, 1.807) is 6.07 Å². The second-order valence-electron chi connectivity index (χ2n) is 7.47. The van der Waals surface area contributed by atoms with Gasteiger partial charge < -0.3 is 14.3 Å². The fourth-order valence-corrected chi connectivity index (χ4v) is 3.66. The van der Waals surface area contributed by atoms with Crippen LogP contribution < -0.4 is 14.3 Å². The average Bonchev–Trinajstić information content (AvgIpc) is 2.38. The van der Waals surface area contributed by atoms with Gasteiger partial charge >= 0.3 is 10.1 Å². The first kappa shape index (κ1) is 21.8. The third kappa shape index (κ3) is 6.20. The topological polar surface area (TPSA) is 95.7 Å². The Kier molecular flexibility index (Phi) is 6.58. The van der Waals surface area contributed by atoms with Crippen LogP contribution in [0.3, 0.4) is 0 Å². The molecule has 0 saturated heterocycles. The summed E-state index contributed by atoms with van der Waals surface area (Å²) in [6, 6.07) is 3.09. The average molecular weight is 408 g/mol. The van der Waals surface area contributed by atoms with Crippen LogP contribution >= 0.6 is 11.6 Å². The minimum Gasteiger partial charge on any atom is -0.543 e. The molecule has 6 nitrogen and oxygen atoms in total. The summed E-state index contributed by atoms with van der Waals surface area (Å²) in [7, 11) is -5.88. The number of benzene rings is 1. The normalized spacial score (nSPS) is 12.8. The van der Waals surface area contributed by atoms with Crippen molar-refractivity contribution < 1.29 is 21.8 Å². The molecule has 0 aromatic heterocycles. The van der Waals surface area contributed by atoms with E-state index >= 15 is 0 Å². The molecule has 1 aromatic carbocycles. The number of primary amides is 1. The highest BCUT2D eigenvalue weighted by Gasteiger charge is 2.39.